The van der Waals surface area contributed by atoms with Crippen molar-refractivity contribution in [2.24, 2.45) is 0 Å². The maximum absolute atomic E-state index is 14.1. The van der Waals surface area contributed by atoms with Crippen molar-refractivity contribution >= 4 is 19.2 Å². The van der Waals surface area contributed by atoms with Gasteiger partial charge in [-0.05, 0) is 74.9 Å². The molecule has 1 saturated heterocycles. The van der Waals surface area contributed by atoms with Gasteiger partial charge in [-0.25, -0.2) is 18.5 Å². The van der Waals surface area contributed by atoms with E-state index in [9.17, 15) is 29.3 Å². The molecular weight excluding hydrogens is 756 g/mol. The molecule has 3 aromatic rings. The molecule has 16 heteroatoms. The van der Waals surface area contributed by atoms with Gasteiger partial charge in [-0.15, -0.1) is 0 Å². The van der Waals surface area contributed by atoms with E-state index >= 15 is 0 Å². The summed E-state index contributed by atoms with van der Waals surface area (Å²) in [6, 6.07) is 9.02. The van der Waals surface area contributed by atoms with Crippen LogP contribution in [0.5, 0.6) is 0 Å². The van der Waals surface area contributed by atoms with E-state index in [1.54, 1.807) is 19.1 Å². The molecule has 0 amide bonds. The Kier molecular flexibility index (Phi) is 19.5. The lowest BCUT2D eigenvalue weighted by Gasteiger charge is -2.27. The van der Waals surface area contributed by atoms with Gasteiger partial charge in [-0.1, -0.05) is 76.9 Å². The predicted molar refractivity (Wildman–Crippen MR) is 213 cm³/mol. The molecule has 2 aromatic heterocycles. The number of hydrogen-bond donors (Lipinski definition) is 4. The molecule has 57 heavy (non-hydrogen) atoms. The number of phosphoric acid groups is 1. The number of halogens is 1. The van der Waals surface area contributed by atoms with Crippen molar-refractivity contribution < 1.29 is 47.3 Å². The highest BCUT2D eigenvalue weighted by Gasteiger charge is 2.54. The van der Waals surface area contributed by atoms with Crippen LogP contribution in [-0.2, 0) is 40.0 Å². The van der Waals surface area contributed by atoms with Crippen LogP contribution in [0, 0.1) is 17.1 Å². The number of rotatable bonds is 28. The third kappa shape index (κ3) is 14.8. The molecule has 0 aliphatic carbocycles. The van der Waals surface area contributed by atoms with Crippen molar-refractivity contribution in [3.05, 3.63) is 71.4 Å². The van der Waals surface area contributed by atoms with Gasteiger partial charge in [0.2, 0.25) is 0 Å². The first-order chi connectivity index (χ1) is 27.5. The molecule has 1 aliphatic heterocycles. The molecule has 6 atom stereocenters. The van der Waals surface area contributed by atoms with Crippen LogP contribution in [0.15, 0.2) is 48.8 Å². The van der Waals surface area contributed by atoms with E-state index in [-0.39, 0.29) is 24.6 Å². The first-order valence-corrected chi connectivity index (χ1v) is 21.8. The summed E-state index contributed by atoms with van der Waals surface area (Å²) in [7, 11) is -4.75. The molecule has 316 valence electrons. The summed E-state index contributed by atoms with van der Waals surface area (Å²) < 4.78 is 56.7. The Hall–Kier alpha value is -3.29. The molecule has 3 heterocycles. The summed E-state index contributed by atoms with van der Waals surface area (Å²) in [5.74, 6) is -0.384. The van der Waals surface area contributed by atoms with E-state index in [1.807, 2.05) is 6.07 Å². The van der Waals surface area contributed by atoms with Crippen molar-refractivity contribution in [3.8, 4) is 6.07 Å². The lowest BCUT2D eigenvalue weighted by molar-refractivity contribution is -0.0901. The van der Waals surface area contributed by atoms with E-state index in [1.165, 1.54) is 80.8 Å². The SMILES string of the molecule is CCCCCCCC/C=C/CCCCCCCCOC[C@H](COP(=O)(O)OC[C@H]1O[C@@](C)(c2ccc3c(N)ncnn23)[C@H](O)[C@@H]1O)OCc1cc(F)cc(C#N)c1. The molecule has 5 N–H and O–H groups in total. The Labute approximate surface area is 335 Å². The number of nitrogens with two attached hydrogens (primary N) is 1. The molecule has 0 spiro atoms. The monoisotopic (exact) mass is 817 g/mol. The average Bonchev–Trinajstić information content (AvgIpc) is 3.73. The van der Waals surface area contributed by atoms with Crippen molar-refractivity contribution in [3.63, 3.8) is 0 Å². The topological polar surface area (TPSA) is 204 Å². The van der Waals surface area contributed by atoms with Gasteiger partial charge in [-0.3, -0.25) is 9.05 Å². The number of nitrogen functional groups attached to an aromatic ring is 1. The van der Waals surface area contributed by atoms with Gasteiger partial charge < -0.3 is 35.1 Å². The number of nitrogens with zero attached hydrogens (tertiary/aromatic N) is 4. The first-order valence-electron chi connectivity index (χ1n) is 20.3. The smallest absolute Gasteiger partial charge is 0.387 e. The molecule has 1 fully saturated rings. The minimum Gasteiger partial charge on any atom is -0.387 e. The highest BCUT2D eigenvalue weighted by atomic mass is 31.2. The van der Waals surface area contributed by atoms with Crippen LogP contribution in [0.4, 0.5) is 10.2 Å². The first kappa shape index (κ1) is 46.4. The largest absolute Gasteiger partial charge is 0.472 e. The third-order valence-electron chi connectivity index (χ3n) is 10.2. The second kappa shape index (κ2) is 24.0. The fraction of sp³-hybridized carbons (Fsp3) is 0.634. The Morgan fingerprint density at radius 1 is 1.02 bits per heavy atom. The second-order valence-corrected chi connectivity index (χ2v) is 16.3. The fourth-order valence-electron chi connectivity index (χ4n) is 6.86. The normalized spacial score (nSPS) is 21.3. The molecule has 1 aromatic carbocycles. The fourth-order valence-corrected chi connectivity index (χ4v) is 7.63. The van der Waals surface area contributed by atoms with Gasteiger partial charge in [0.05, 0.1) is 43.8 Å². The van der Waals surface area contributed by atoms with Crippen LogP contribution in [0.2, 0.25) is 0 Å². The number of fused-ring (bicyclic) bond motifs is 1. The molecule has 0 radical (unpaired) electrons. The molecule has 0 saturated carbocycles. The maximum atomic E-state index is 14.1. The van der Waals surface area contributed by atoms with Gasteiger partial charge >= 0.3 is 7.82 Å². The zero-order valence-corrected chi connectivity index (χ0v) is 34.2. The number of aliphatic hydroxyl groups is 2. The summed E-state index contributed by atoms with van der Waals surface area (Å²) in [5, 5.41) is 35.2. The number of unbranched alkanes of at least 4 members (excludes halogenated alkanes) is 12. The molecule has 0 bridgehead atoms. The van der Waals surface area contributed by atoms with Crippen molar-refractivity contribution in [2.45, 2.75) is 140 Å². The molecular formula is C41H61FN5O9P. The van der Waals surface area contributed by atoms with Gasteiger partial charge in [0.15, 0.2) is 5.82 Å². The average molecular weight is 818 g/mol. The van der Waals surface area contributed by atoms with E-state index < -0.39 is 56.9 Å². The Balaban J connectivity index is 1.19. The number of nitriles is 1. The molecule has 1 unspecified atom stereocenters. The lowest BCUT2D eigenvalue weighted by atomic mass is 9.93. The number of hydrogen-bond acceptors (Lipinski definition) is 12. The van der Waals surface area contributed by atoms with Crippen LogP contribution >= 0.6 is 7.82 Å². The Morgan fingerprint density at radius 2 is 1.70 bits per heavy atom. The summed E-state index contributed by atoms with van der Waals surface area (Å²) >= 11 is 0. The number of allylic oxidation sites excluding steroid dienone is 2. The van der Waals surface area contributed by atoms with Crippen molar-refractivity contribution in [1.82, 2.24) is 14.6 Å². The minimum atomic E-state index is -4.75. The number of phosphoric ester groups is 1. The second-order valence-electron chi connectivity index (χ2n) is 14.8. The van der Waals surface area contributed by atoms with E-state index in [4.69, 9.17) is 29.0 Å². The number of aliphatic hydroxyl groups excluding tert-OH is 2. The number of anilines is 1. The minimum absolute atomic E-state index is 0.0137. The quantitative estimate of drug-likeness (QED) is 0.0320. The van der Waals surface area contributed by atoms with E-state index in [2.05, 4.69) is 29.2 Å². The van der Waals surface area contributed by atoms with Crippen LogP contribution in [0.3, 0.4) is 0 Å². The van der Waals surface area contributed by atoms with Crippen LogP contribution in [0.1, 0.15) is 121 Å². The molecule has 14 nitrogen and oxygen atoms in total. The zero-order valence-electron chi connectivity index (χ0n) is 33.3. The third-order valence-corrected chi connectivity index (χ3v) is 11.1. The van der Waals surface area contributed by atoms with Gasteiger partial charge in [0, 0.05) is 6.61 Å². The van der Waals surface area contributed by atoms with Gasteiger partial charge in [-0.2, -0.15) is 10.4 Å². The van der Waals surface area contributed by atoms with Crippen LogP contribution < -0.4 is 5.73 Å². The Morgan fingerprint density at radius 3 is 2.40 bits per heavy atom. The van der Waals surface area contributed by atoms with Crippen molar-refractivity contribution in [2.75, 3.05) is 32.2 Å². The van der Waals surface area contributed by atoms with E-state index in [0.717, 1.165) is 38.2 Å². The Bertz CT molecular complexity index is 1770. The maximum Gasteiger partial charge on any atom is 0.472 e. The number of benzene rings is 1. The lowest BCUT2D eigenvalue weighted by Crippen LogP contribution is -2.39. The standard InChI is InChI=1S/C41H61FN5O9P/c1-3-4-5-6-7-8-9-10-11-12-13-14-15-16-17-18-21-52-27-34(53-26-32-22-31(25-43)23-33(42)24-32)28-54-57(50,51)55-29-36-38(48)39(49)41(2,56-36)37-20-19-35-40(44)45-30-46-47(35)37/h10-11,19-20,22-24,30,34,36,38-39,48-49H,3-9,12-18,21,26-29H2,1-2H3,(H,50,51)(H2,44,45,46)/b11-10+/t34-,36-,38-,39-,41+/m1/s1. The summed E-state index contributed by atoms with van der Waals surface area (Å²) in [4.78, 5) is 14.5. The predicted octanol–water partition coefficient (Wildman–Crippen LogP) is 7.43. The van der Waals surface area contributed by atoms with Crippen molar-refractivity contribution in [1.29, 1.82) is 5.26 Å². The summed E-state index contributed by atoms with van der Waals surface area (Å²) in [6.07, 6.45) is 17.6. The highest BCUT2D eigenvalue weighted by Crippen LogP contribution is 2.46. The molecule has 1 aliphatic rings. The van der Waals surface area contributed by atoms with Gasteiger partial charge in [0.1, 0.15) is 47.7 Å². The molecule has 4 rings (SSSR count). The zero-order chi connectivity index (χ0) is 41.1. The van der Waals surface area contributed by atoms with Gasteiger partial charge in [0.25, 0.3) is 0 Å². The highest BCUT2D eigenvalue weighted by molar-refractivity contribution is 7.47. The van der Waals surface area contributed by atoms with Crippen LogP contribution in [0.25, 0.3) is 5.52 Å². The summed E-state index contributed by atoms with van der Waals surface area (Å²) in [6.45, 7) is 3.12. The van der Waals surface area contributed by atoms with E-state index in [0.29, 0.717) is 23.4 Å². The number of aromatic nitrogens is 3. The van der Waals surface area contributed by atoms with Crippen LogP contribution in [-0.4, -0.2) is 80.5 Å². The summed E-state index contributed by atoms with van der Waals surface area (Å²) in [5.41, 5.74) is 5.83. The number of ether oxygens (including phenoxy) is 3.